The predicted molar refractivity (Wildman–Crippen MR) is 70.9 cm³/mol. The summed E-state index contributed by atoms with van der Waals surface area (Å²) in [5.41, 5.74) is 6.23. The highest BCUT2D eigenvalue weighted by Crippen LogP contribution is 2.28. The summed E-state index contributed by atoms with van der Waals surface area (Å²) in [6.45, 7) is 4.13. The van der Waals surface area contributed by atoms with E-state index in [-0.39, 0.29) is 16.6 Å². The van der Waals surface area contributed by atoms with Gasteiger partial charge in [-0.3, -0.25) is 4.68 Å². The number of rotatable bonds is 2. The summed E-state index contributed by atoms with van der Waals surface area (Å²) in [4.78, 5) is 0.0820. The molecule has 1 saturated heterocycles. The van der Waals surface area contributed by atoms with Crippen LogP contribution in [0.25, 0.3) is 0 Å². The van der Waals surface area contributed by atoms with Crippen LogP contribution < -0.4 is 5.73 Å². The van der Waals surface area contributed by atoms with Gasteiger partial charge in [0.2, 0.25) is 10.0 Å². The van der Waals surface area contributed by atoms with Gasteiger partial charge in [0.25, 0.3) is 0 Å². The van der Waals surface area contributed by atoms with Crippen LogP contribution in [-0.2, 0) is 17.1 Å². The number of aliphatic hydroxyl groups is 1. The number of anilines is 1. The maximum Gasteiger partial charge on any atom is 0.248 e. The summed E-state index contributed by atoms with van der Waals surface area (Å²) in [5.74, 6) is -0.0551. The van der Waals surface area contributed by atoms with Crippen LogP contribution >= 0.6 is 0 Å². The van der Waals surface area contributed by atoms with Gasteiger partial charge in [-0.2, -0.15) is 9.40 Å². The molecule has 8 heteroatoms. The standard InChI is InChI=1S/C11H20N4O3S/c1-7-6-15(5-4-9(7)16)19(17,18)10-8(2)14(3)13-11(10)12/h7,9,16H,4-6H2,1-3H3,(H2,12,13). The third-order valence-corrected chi connectivity index (χ3v) is 5.76. The fourth-order valence-electron chi connectivity index (χ4n) is 2.38. The van der Waals surface area contributed by atoms with Crippen LogP contribution in [0.1, 0.15) is 19.0 Å². The van der Waals surface area contributed by atoms with E-state index in [2.05, 4.69) is 5.10 Å². The molecular weight excluding hydrogens is 268 g/mol. The van der Waals surface area contributed by atoms with Crippen molar-refractivity contribution in [1.29, 1.82) is 0 Å². The van der Waals surface area contributed by atoms with Crippen molar-refractivity contribution in [2.24, 2.45) is 13.0 Å². The molecule has 0 spiro atoms. The maximum atomic E-state index is 12.6. The Morgan fingerprint density at radius 1 is 1.47 bits per heavy atom. The molecule has 0 saturated carbocycles. The third-order valence-electron chi connectivity index (χ3n) is 3.72. The summed E-state index contributed by atoms with van der Waals surface area (Å²) < 4.78 is 28.1. The Bertz CT molecular complexity index is 581. The number of hydrogen-bond donors (Lipinski definition) is 2. The van der Waals surface area contributed by atoms with Crippen molar-refractivity contribution in [1.82, 2.24) is 14.1 Å². The third kappa shape index (κ3) is 2.35. The molecule has 1 aromatic rings. The molecule has 0 bridgehead atoms. The van der Waals surface area contributed by atoms with Crippen LogP contribution in [0.2, 0.25) is 0 Å². The van der Waals surface area contributed by atoms with Gasteiger partial charge in [-0.1, -0.05) is 6.92 Å². The lowest BCUT2D eigenvalue weighted by Crippen LogP contribution is -2.45. The van der Waals surface area contributed by atoms with Gasteiger partial charge in [0, 0.05) is 20.1 Å². The van der Waals surface area contributed by atoms with Gasteiger partial charge in [0.05, 0.1) is 11.8 Å². The van der Waals surface area contributed by atoms with Gasteiger partial charge in [-0.25, -0.2) is 8.42 Å². The number of nitrogens with two attached hydrogens (primary N) is 1. The molecule has 19 heavy (non-hydrogen) atoms. The highest BCUT2D eigenvalue weighted by atomic mass is 32.2. The average Bonchev–Trinajstić information content (AvgIpc) is 2.57. The van der Waals surface area contributed by atoms with E-state index in [4.69, 9.17) is 5.73 Å². The summed E-state index contributed by atoms with van der Waals surface area (Å²) in [6.07, 6.45) is -0.00150. The van der Waals surface area contributed by atoms with Crippen LogP contribution in [0.4, 0.5) is 5.82 Å². The average molecular weight is 288 g/mol. The van der Waals surface area contributed by atoms with Crippen molar-refractivity contribution in [3.8, 4) is 0 Å². The zero-order valence-corrected chi connectivity index (χ0v) is 12.2. The summed E-state index contributed by atoms with van der Waals surface area (Å²) >= 11 is 0. The molecule has 2 heterocycles. The van der Waals surface area contributed by atoms with E-state index in [0.29, 0.717) is 25.2 Å². The van der Waals surface area contributed by atoms with Gasteiger partial charge >= 0.3 is 0 Å². The quantitative estimate of drug-likeness (QED) is 0.778. The number of aryl methyl sites for hydroxylation is 1. The van der Waals surface area contributed by atoms with Crippen LogP contribution in [0, 0.1) is 12.8 Å². The van der Waals surface area contributed by atoms with Gasteiger partial charge in [0.1, 0.15) is 4.90 Å². The van der Waals surface area contributed by atoms with Crippen molar-refractivity contribution >= 4 is 15.8 Å². The van der Waals surface area contributed by atoms with Crippen LogP contribution in [0.3, 0.4) is 0 Å². The molecule has 1 aliphatic heterocycles. The Morgan fingerprint density at radius 3 is 2.58 bits per heavy atom. The van der Waals surface area contributed by atoms with Crippen molar-refractivity contribution in [2.45, 2.75) is 31.3 Å². The molecule has 1 aromatic heterocycles. The molecule has 108 valence electrons. The number of hydrogen-bond acceptors (Lipinski definition) is 5. The highest BCUT2D eigenvalue weighted by Gasteiger charge is 2.36. The van der Waals surface area contributed by atoms with Crippen molar-refractivity contribution in [3.63, 3.8) is 0 Å². The predicted octanol–water partition coefficient (Wildman–Crippen LogP) is -0.298. The minimum Gasteiger partial charge on any atom is -0.393 e. The summed E-state index contributed by atoms with van der Waals surface area (Å²) in [5, 5.41) is 13.6. The van der Waals surface area contributed by atoms with E-state index < -0.39 is 16.1 Å². The summed E-state index contributed by atoms with van der Waals surface area (Å²) in [7, 11) is -1.98. The molecule has 1 aliphatic rings. The highest BCUT2D eigenvalue weighted by molar-refractivity contribution is 7.89. The van der Waals surface area contributed by atoms with Gasteiger partial charge in [0.15, 0.2) is 5.82 Å². The number of aromatic nitrogens is 2. The SMILES string of the molecule is Cc1c(S(=O)(=O)N2CCC(O)C(C)C2)c(N)nn1C. The lowest BCUT2D eigenvalue weighted by Gasteiger charge is -2.33. The number of piperidine rings is 1. The van der Waals surface area contributed by atoms with E-state index in [0.717, 1.165) is 0 Å². The number of aliphatic hydroxyl groups excluding tert-OH is 1. The maximum absolute atomic E-state index is 12.6. The molecule has 2 rings (SSSR count). The minimum atomic E-state index is -3.64. The number of nitrogens with zero attached hydrogens (tertiary/aromatic N) is 3. The van der Waals surface area contributed by atoms with Gasteiger partial charge in [-0.15, -0.1) is 0 Å². The van der Waals surface area contributed by atoms with Crippen molar-refractivity contribution in [3.05, 3.63) is 5.69 Å². The molecule has 3 N–H and O–H groups in total. The van der Waals surface area contributed by atoms with E-state index in [1.165, 1.54) is 8.99 Å². The second-order valence-electron chi connectivity index (χ2n) is 5.12. The normalized spacial score (nSPS) is 25.7. The number of nitrogen functional groups attached to an aromatic ring is 1. The topological polar surface area (TPSA) is 101 Å². The van der Waals surface area contributed by atoms with E-state index in [1.807, 2.05) is 6.92 Å². The first-order valence-corrected chi connectivity index (χ1v) is 7.66. The van der Waals surface area contributed by atoms with Crippen LogP contribution in [-0.4, -0.2) is 46.8 Å². The van der Waals surface area contributed by atoms with Crippen LogP contribution in [0.15, 0.2) is 4.90 Å². The van der Waals surface area contributed by atoms with E-state index in [1.54, 1.807) is 14.0 Å². The largest absolute Gasteiger partial charge is 0.393 e. The van der Waals surface area contributed by atoms with Crippen molar-refractivity contribution < 1.29 is 13.5 Å². The van der Waals surface area contributed by atoms with E-state index in [9.17, 15) is 13.5 Å². The lowest BCUT2D eigenvalue weighted by molar-refractivity contribution is 0.0629. The summed E-state index contributed by atoms with van der Waals surface area (Å²) in [6, 6.07) is 0. The Hall–Kier alpha value is -1.12. The molecule has 0 aromatic carbocycles. The zero-order chi connectivity index (χ0) is 14.4. The Balaban J connectivity index is 2.38. The van der Waals surface area contributed by atoms with Crippen molar-refractivity contribution in [2.75, 3.05) is 18.8 Å². The molecular formula is C11H20N4O3S. The first-order chi connectivity index (χ1) is 8.75. The Morgan fingerprint density at radius 2 is 2.11 bits per heavy atom. The molecule has 7 nitrogen and oxygen atoms in total. The molecule has 2 atom stereocenters. The number of sulfonamides is 1. The molecule has 0 radical (unpaired) electrons. The minimum absolute atomic E-state index is 0.0266. The first kappa shape index (κ1) is 14.3. The second-order valence-corrected chi connectivity index (χ2v) is 6.99. The Labute approximate surface area is 113 Å². The molecule has 2 unspecified atom stereocenters. The second kappa shape index (κ2) is 4.77. The zero-order valence-electron chi connectivity index (χ0n) is 11.4. The fraction of sp³-hybridized carbons (Fsp3) is 0.727. The molecule has 1 fully saturated rings. The molecule has 0 amide bonds. The van der Waals surface area contributed by atoms with Gasteiger partial charge < -0.3 is 10.8 Å². The molecule has 0 aliphatic carbocycles. The lowest BCUT2D eigenvalue weighted by atomic mass is 9.99. The fourth-order valence-corrected chi connectivity index (χ4v) is 4.22. The van der Waals surface area contributed by atoms with E-state index >= 15 is 0 Å². The monoisotopic (exact) mass is 288 g/mol. The van der Waals surface area contributed by atoms with Gasteiger partial charge in [-0.05, 0) is 19.3 Å². The first-order valence-electron chi connectivity index (χ1n) is 6.22. The smallest absolute Gasteiger partial charge is 0.248 e. The van der Waals surface area contributed by atoms with Crippen LogP contribution in [0.5, 0.6) is 0 Å². The Kier molecular flexibility index (Phi) is 3.59.